The maximum atomic E-state index is 12.8. The van der Waals surface area contributed by atoms with Gasteiger partial charge in [-0.25, -0.2) is 9.18 Å². The van der Waals surface area contributed by atoms with Crippen LogP contribution in [0, 0.1) is 11.7 Å². The molecule has 0 bridgehead atoms. The zero-order chi connectivity index (χ0) is 13.7. The molecule has 4 nitrogen and oxygen atoms in total. The van der Waals surface area contributed by atoms with E-state index in [4.69, 9.17) is 0 Å². The number of rotatable bonds is 4. The second-order valence-electron chi connectivity index (χ2n) is 4.27. The third kappa shape index (κ3) is 4.62. The van der Waals surface area contributed by atoms with Gasteiger partial charge in [0.2, 0.25) is 0 Å². The van der Waals surface area contributed by atoms with Crippen molar-refractivity contribution in [2.24, 2.45) is 5.92 Å². The second-order valence-corrected chi connectivity index (χ2v) is 5.12. The van der Waals surface area contributed by atoms with Crippen molar-refractivity contribution in [3.8, 4) is 0 Å². The summed E-state index contributed by atoms with van der Waals surface area (Å²) in [5.74, 6) is -0.314. The summed E-state index contributed by atoms with van der Waals surface area (Å²) in [6, 6.07) is 3.53. The lowest BCUT2D eigenvalue weighted by molar-refractivity contribution is 0.126. The molecule has 100 valence electrons. The van der Waals surface area contributed by atoms with Crippen molar-refractivity contribution >= 4 is 27.6 Å². The number of halogens is 2. The molecule has 0 aliphatic heterocycles. The summed E-state index contributed by atoms with van der Waals surface area (Å²) >= 11 is 3.15. The fourth-order valence-corrected chi connectivity index (χ4v) is 1.64. The molecule has 0 heterocycles. The number of hydrogen-bond acceptors (Lipinski definition) is 2. The van der Waals surface area contributed by atoms with Gasteiger partial charge in [-0.3, -0.25) is 0 Å². The standard InChI is InChI=1S/C12H16BrFN2O2/c1-7(2)11(17)6-15-12(18)16-10-4-3-8(14)5-9(10)13/h3-5,7,11,17H,6H2,1-2H3,(H2,15,16,18)/t11-/m0/s1. The minimum Gasteiger partial charge on any atom is -0.391 e. The van der Waals surface area contributed by atoms with Gasteiger partial charge in [0.15, 0.2) is 0 Å². The average molecular weight is 319 g/mol. The van der Waals surface area contributed by atoms with Crippen LogP contribution in [0.2, 0.25) is 0 Å². The average Bonchev–Trinajstić information content (AvgIpc) is 2.29. The van der Waals surface area contributed by atoms with Crippen molar-refractivity contribution in [2.75, 3.05) is 11.9 Å². The lowest BCUT2D eigenvalue weighted by atomic mass is 10.1. The van der Waals surface area contributed by atoms with Crippen LogP contribution in [0.15, 0.2) is 22.7 Å². The fourth-order valence-electron chi connectivity index (χ4n) is 1.19. The predicted octanol–water partition coefficient (Wildman–Crippen LogP) is 2.73. The van der Waals surface area contributed by atoms with Crippen LogP contribution in [-0.2, 0) is 0 Å². The molecule has 0 saturated heterocycles. The number of carbonyl (C=O) groups is 1. The molecule has 1 aromatic carbocycles. The third-order valence-corrected chi connectivity index (χ3v) is 3.08. The Morgan fingerprint density at radius 1 is 1.50 bits per heavy atom. The Balaban J connectivity index is 2.50. The van der Waals surface area contributed by atoms with Gasteiger partial charge in [0.1, 0.15) is 5.82 Å². The molecule has 0 fully saturated rings. The number of benzene rings is 1. The summed E-state index contributed by atoms with van der Waals surface area (Å²) in [6.45, 7) is 3.89. The first-order valence-electron chi connectivity index (χ1n) is 5.58. The SMILES string of the molecule is CC(C)[C@@H](O)CNC(=O)Nc1ccc(F)cc1Br. The van der Waals surface area contributed by atoms with E-state index in [9.17, 15) is 14.3 Å². The number of aliphatic hydroxyl groups is 1. The van der Waals surface area contributed by atoms with Gasteiger partial charge in [-0.1, -0.05) is 13.8 Å². The van der Waals surface area contributed by atoms with Gasteiger partial charge >= 0.3 is 6.03 Å². The Bertz CT molecular complexity index is 427. The normalized spacial score (nSPS) is 12.3. The van der Waals surface area contributed by atoms with Crippen LogP contribution in [0.3, 0.4) is 0 Å². The van der Waals surface area contributed by atoms with Crippen LogP contribution in [0.5, 0.6) is 0 Å². The number of anilines is 1. The predicted molar refractivity (Wildman–Crippen MR) is 72.0 cm³/mol. The quantitative estimate of drug-likeness (QED) is 0.799. The van der Waals surface area contributed by atoms with Crippen LogP contribution >= 0.6 is 15.9 Å². The Labute approximate surface area is 114 Å². The summed E-state index contributed by atoms with van der Waals surface area (Å²) in [5, 5.41) is 14.6. The number of nitrogens with one attached hydrogen (secondary N) is 2. The van der Waals surface area contributed by atoms with E-state index in [0.29, 0.717) is 10.2 Å². The van der Waals surface area contributed by atoms with Gasteiger partial charge in [0.25, 0.3) is 0 Å². The molecule has 0 saturated carbocycles. The fraction of sp³-hybridized carbons (Fsp3) is 0.417. The molecule has 1 rings (SSSR count). The highest BCUT2D eigenvalue weighted by Gasteiger charge is 2.11. The maximum Gasteiger partial charge on any atom is 0.319 e. The molecule has 0 aliphatic carbocycles. The van der Waals surface area contributed by atoms with E-state index in [1.54, 1.807) is 0 Å². The zero-order valence-corrected chi connectivity index (χ0v) is 11.8. The number of amides is 2. The van der Waals surface area contributed by atoms with Gasteiger partial charge in [-0.05, 0) is 40.0 Å². The summed E-state index contributed by atoms with van der Waals surface area (Å²) in [4.78, 5) is 11.5. The molecule has 0 unspecified atom stereocenters. The Hall–Kier alpha value is -1.14. The van der Waals surface area contributed by atoms with E-state index >= 15 is 0 Å². The molecule has 0 spiro atoms. The lowest BCUT2D eigenvalue weighted by Crippen LogP contribution is -2.37. The van der Waals surface area contributed by atoms with Crippen molar-refractivity contribution in [1.29, 1.82) is 0 Å². The molecule has 18 heavy (non-hydrogen) atoms. The number of urea groups is 1. The van der Waals surface area contributed by atoms with Crippen molar-refractivity contribution in [3.05, 3.63) is 28.5 Å². The largest absolute Gasteiger partial charge is 0.391 e. The van der Waals surface area contributed by atoms with Crippen LogP contribution in [0.4, 0.5) is 14.9 Å². The molecule has 0 aliphatic rings. The molecule has 0 aromatic heterocycles. The van der Waals surface area contributed by atoms with Gasteiger partial charge in [0.05, 0.1) is 11.8 Å². The van der Waals surface area contributed by atoms with Crippen LogP contribution in [0.25, 0.3) is 0 Å². The highest BCUT2D eigenvalue weighted by molar-refractivity contribution is 9.10. The van der Waals surface area contributed by atoms with Gasteiger partial charge < -0.3 is 15.7 Å². The number of carbonyl (C=O) groups excluding carboxylic acids is 1. The summed E-state index contributed by atoms with van der Waals surface area (Å²) < 4.78 is 13.3. The number of hydrogen-bond donors (Lipinski definition) is 3. The zero-order valence-electron chi connectivity index (χ0n) is 10.2. The van der Waals surface area contributed by atoms with Crippen molar-refractivity contribution in [3.63, 3.8) is 0 Å². The van der Waals surface area contributed by atoms with E-state index in [2.05, 4.69) is 26.6 Å². The van der Waals surface area contributed by atoms with Crippen molar-refractivity contribution in [1.82, 2.24) is 5.32 Å². The summed E-state index contributed by atoms with van der Waals surface area (Å²) in [5.41, 5.74) is 0.466. The molecular formula is C12H16BrFN2O2. The second kappa shape index (κ2) is 6.70. The molecule has 1 aromatic rings. The maximum absolute atomic E-state index is 12.8. The number of aliphatic hydroxyl groups excluding tert-OH is 1. The van der Waals surface area contributed by atoms with E-state index in [0.717, 1.165) is 0 Å². The smallest absolute Gasteiger partial charge is 0.319 e. The highest BCUT2D eigenvalue weighted by atomic mass is 79.9. The van der Waals surface area contributed by atoms with Gasteiger partial charge in [-0.15, -0.1) is 0 Å². The molecule has 3 N–H and O–H groups in total. The van der Waals surface area contributed by atoms with Gasteiger partial charge in [-0.2, -0.15) is 0 Å². The Morgan fingerprint density at radius 2 is 2.17 bits per heavy atom. The van der Waals surface area contributed by atoms with Crippen molar-refractivity contribution in [2.45, 2.75) is 20.0 Å². The van der Waals surface area contributed by atoms with E-state index in [1.807, 2.05) is 13.8 Å². The first kappa shape index (κ1) is 14.9. The van der Waals surface area contributed by atoms with Crippen LogP contribution in [0.1, 0.15) is 13.8 Å². The molecule has 6 heteroatoms. The Morgan fingerprint density at radius 3 is 2.72 bits per heavy atom. The monoisotopic (exact) mass is 318 g/mol. The third-order valence-electron chi connectivity index (χ3n) is 2.42. The minimum absolute atomic E-state index is 0.0721. The molecule has 0 radical (unpaired) electrons. The lowest BCUT2D eigenvalue weighted by Gasteiger charge is -2.15. The van der Waals surface area contributed by atoms with E-state index in [-0.39, 0.29) is 18.3 Å². The molecule has 1 atom stereocenters. The topological polar surface area (TPSA) is 61.4 Å². The minimum atomic E-state index is -0.590. The van der Waals surface area contributed by atoms with Crippen LogP contribution < -0.4 is 10.6 Å². The molecular weight excluding hydrogens is 303 g/mol. The first-order valence-corrected chi connectivity index (χ1v) is 6.37. The van der Waals surface area contributed by atoms with E-state index in [1.165, 1.54) is 18.2 Å². The summed E-state index contributed by atoms with van der Waals surface area (Å²) in [6.07, 6.45) is -0.590. The Kier molecular flexibility index (Phi) is 5.55. The molecule has 2 amide bonds. The summed E-state index contributed by atoms with van der Waals surface area (Å²) in [7, 11) is 0. The van der Waals surface area contributed by atoms with Crippen molar-refractivity contribution < 1.29 is 14.3 Å². The first-order chi connectivity index (χ1) is 8.40. The highest BCUT2D eigenvalue weighted by Crippen LogP contribution is 2.22. The van der Waals surface area contributed by atoms with E-state index < -0.39 is 12.1 Å². The van der Waals surface area contributed by atoms with Gasteiger partial charge in [0, 0.05) is 11.0 Å². The van der Waals surface area contributed by atoms with Crippen LogP contribution in [-0.4, -0.2) is 23.8 Å².